The first-order valence-corrected chi connectivity index (χ1v) is 10.3. The van der Waals surface area contributed by atoms with E-state index < -0.39 is 5.97 Å². The van der Waals surface area contributed by atoms with Crippen LogP contribution >= 0.6 is 11.6 Å². The van der Waals surface area contributed by atoms with Gasteiger partial charge < -0.3 is 4.74 Å². The van der Waals surface area contributed by atoms with E-state index in [0.29, 0.717) is 22.4 Å². The Morgan fingerprint density at radius 3 is 2.17 bits per heavy atom. The second-order valence-corrected chi connectivity index (χ2v) is 8.76. The molecule has 3 fully saturated rings. The normalized spacial score (nSPS) is 33.5. The van der Waals surface area contributed by atoms with E-state index in [9.17, 15) is 19.2 Å². The van der Waals surface area contributed by atoms with Gasteiger partial charge in [-0.05, 0) is 54.4 Å². The number of carbonyl (C=O) groups is 4. The van der Waals surface area contributed by atoms with Crippen LogP contribution in [0.5, 0.6) is 0 Å². The second kappa shape index (κ2) is 6.80. The van der Waals surface area contributed by atoms with E-state index >= 15 is 0 Å². The number of hydrogen-bond acceptors (Lipinski definition) is 5. The number of carbonyl (C=O) groups excluding carboxylic acids is 4. The number of likely N-dealkylation sites (tertiary alicyclic amines) is 1. The van der Waals surface area contributed by atoms with Crippen molar-refractivity contribution in [3.05, 3.63) is 47.0 Å². The van der Waals surface area contributed by atoms with E-state index in [-0.39, 0.29) is 60.8 Å². The van der Waals surface area contributed by atoms with Gasteiger partial charge in [0.1, 0.15) is 0 Å². The quantitative estimate of drug-likeness (QED) is 0.310. The molecule has 6 atom stereocenters. The minimum absolute atomic E-state index is 0.00735. The van der Waals surface area contributed by atoms with Gasteiger partial charge in [-0.1, -0.05) is 23.8 Å². The Morgan fingerprint density at radius 1 is 1.00 bits per heavy atom. The molecule has 6 rings (SSSR count). The molecule has 7 heteroatoms. The molecule has 4 aliphatic carbocycles. The average molecular weight is 414 g/mol. The Hall–Kier alpha value is -2.47. The molecule has 0 N–H and O–H groups in total. The summed E-state index contributed by atoms with van der Waals surface area (Å²) in [4.78, 5) is 51.1. The Balaban J connectivity index is 1.15. The SMILES string of the molecule is O=C(CCN1C(=O)[C@H]2[C@@H]3C=C[C@@H]([C@H]4C[C@H]34)[C@@H]2C1=O)OCC(=O)c1ccc(Cl)cc1. The zero-order chi connectivity index (χ0) is 20.3. The fourth-order valence-electron chi connectivity index (χ4n) is 5.38. The van der Waals surface area contributed by atoms with Crippen molar-refractivity contribution in [3.63, 3.8) is 0 Å². The van der Waals surface area contributed by atoms with Crippen molar-refractivity contribution in [2.45, 2.75) is 12.8 Å². The smallest absolute Gasteiger partial charge is 0.308 e. The highest BCUT2D eigenvalue weighted by atomic mass is 35.5. The molecule has 1 aromatic rings. The largest absolute Gasteiger partial charge is 0.457 e. The molecule has 150 valence electrons. The van der Waals surface area contributed by atoms with E-state index in [4.69, 9.17) is 16.3 Å². The molecular weight excluding hydrogens is 394 g/mol. The number of ketones is 1. The monoisotopic (exact) mass is 413 g/mol. The Bertz CT molecular complexity index is 903. The summed E-state index contributed by atoms with van der Waals surface area (Å²) in [6.45, 7) is -0.377. The number of benzene rings is 1. The van der Waals surface area contributed by atoms with Crippen LogP contribution in [0.2, 0.25) is 5.02 Å². The molecule has 1 saturated heterocycles. The van der Waals surface area contributed by atoms with Crippen LogP contribution in [0.1, 0.15) is 23.2 Å². The third-order valence-corrected chi connectivity index (χ3v) is 7.08. The van der Waals surface area contributed by atoms with E-state index in [1.807, 2.05) is 0 Å². The third-order valence-electron chi connectivity index (χ3n) is 6.82. The molecule has 0 spiro atoms. The van der Waals surface area contributed by atoms with Gasteiger partial charge in [-0.2, -0.15) is 0 Å². The summed E-state index contributed by atoms with van der Waals surface area (Å²) in [7, 11) is 0. The number of hydrogen-bond donors (Lipinski definition) is 0. The van der Waals surface area contributed by atoms with Crippen molar-refractivity contribution in [3.8, 4) is 0 Å². The topological polar surface area (TPSA) is 80.8 Å². The molecule has 2 saturated carbocycles. The maximum Gasteiger partial charge on any atom is 0.308 e. The van der Waals surface area contributed by atoms with Crippen molar-refractivity contribution < 1.29 is 23.9 Å². The number of nitrogens with zero attached hydrogens (tertiary/aromatic N) is 1. The first-order valence-electron chi connectivity index (χ1n) is 9.93. The van der Waals surface area contributed by atoms with Crippen molar-refractivity contribution >= 4 is 35.2 Å². The molecular formula is C22H20ClNO5. The van der Waals surface area contributed by atoms with E-state index in [0.717, 1.165) is 6.42 Å². The maximum absolute atomic E-state index is 12.8. The number of rotatable bonds is 6. The highest BCUT2D eigenvalue weighted by molar-refractivity contribution is 6.30. The number of ether oxygens (including phenoxy) is 1. The Morgan fingerprint density at radius 2 is 1.59 bits per heavy atom. The minimum Gasteiger partial charge on any atom is -0.457 e. The van der Waals surface area contributed by atoms with E-state index in [1.54, 1.807) is 24.3 Å². The lowest BCUT2D eigenvalue weighted by Crippen LogP contribution is -2.40. The lowest BCUT2D eigenvalue weighted by Gasteiger charge is -2.37. The van der Waals surface area contributed by atoms with Crippen LogP contribution in [0.15, 0.2) is 36.4 Å². The predicted octanol–water partition coefficient (Wildman–Crippen LogP) is 2.51. The van der Waals surface area contributed by atoms with E-state index in [1.165, 1.54) is 4.90 Å². The lowest BCUT2D eigenvalue weighted by atomic mass is 9.63. The molecule has 5 aliphatic rings. The Kier molecular flexibility index (Phi) is 4.35. The molecule has 1 heterocycles. The highest BCUT2D eigenvalue weighted by Crippen LogP contribution is 2.65. The molecule has 1 aliphatic heterocycles. The van der Waals surface area contributed by atoms with Gasteiger partial charge in [-0.25, -0.2) is 0 Å². The summed E-state index contributed by atoms with van der Waals surface area (Å²) in [6.07, 6.45) is 5.24. The van der Waals surface area contributed by atoms with Crippen LogP contribution in [-0.2, 0) is 19.1 Å². The van der Waals surface area contributed by atoms with Crippen LogP contribution < -0.4 is 0 Å². The van der Waals surface area contributed by atoms with E-state index in [2.05, 4.69) is 12.2 Å². The first-order chi connectivity index (χ1) is 14.0. The van der Waals surface area contributed by atoms with Crippen molar-refractivity contribution in [1.29, 1.82) is 0 Å². The fraction of sp³-hybridized carbons (Fsp3) is 0.455. The second-order valence-electron chi connectivity index (χ2n) is 8.32. The summed E-state index contributed by atoms with van der Waals surface area (Å²) in [5.74, 6) is -0.348. The van der Waals surface area contributed by atoms with Gasteiger partial charge in [0.05, 0.1) is 18.3 Å². The molecule has 2 bridgehead atoms. The van der Waals surface area contributed by atoms with Gasteiger partial charge in [0, 0.05) is 17.1 Å². The van der Waals surface area contributed by atoms with Crippen molar-refractivity contribution in [2.24, 2.45) is 35.5 Å². The molecule has 1 aromatic carbocycles. The van der Waals surface area contributed by atoms with Crippen LogP contribution in [0.4, 0.5) is 0 Å². The summed E-state index contributed by atoms with van der Waals surface area (Å²) in [5, 5.41) is 0.514. The fourth-order valence-corrected chi connectivity index (χ4v) is 5.51. The van der Waals surface area contributed by atoms with Crippen molar-refractivity contribution in [1.82, 2.24) is 4.90 Å². The maximum atomic E-state index is 12.8. The van der Waals surface area contributed by atoms with Gasteiger partial charge in [-0.3, -0.25) is 24.1 Å². The molecule has 2 amide bonds. The molecule has 6 nitrogen and oxygen atoms in total. The minimum atomic E-state index is -0.605. The zero-order valence-corrected chi connectivity index (χ0v) is 16.4. The number of imide groups is 1. The predicted molar refractivity (Wildman–Crippen MR) is 103 cm³/mol. The third kappa shape index (κ3) is 3.01. The summed E-state index contributed by atoms with van der Waals surface area (Å²) < 4.78 is 5.03. The van der Waals surface area contributed by atoms with Gasteiger partial charge in [0.25, 0.3) is 0 Å². The molecule has 29 heavy (non-hydrogen) atoms. The highest BCUT2D eigenvalue weighted by Gasteiger charge is 2.66. The van der Waals surface area contributed by atoms with Gasteiger partial charge in [0.2, 0.25) is 11.8 Å². The summed E-state index contributed by atoms with van der Waals surface area (Å²) in [5.41, 5.74) is 0.401. The van der Waals surface area contributed by atoms with Crippen LogP contribution in [-0.4, -0.2) is 41.6 Å². The Labute approximate surface area is 172 Å². The number of amides is 2. The first kappa shape index (κ1) is 18.6. The standard InChI is InChI=1S/C22H20ClNO5/c23-12-3-1-11(2-4-12)17(25)10-29-18(26)7-8-24-21(27)19-13-5-6-14(16-9-15(13)16)20(19)22(24)28/h1-6,13-16,19-20H,7-10H2/t13-,14+,15-,16-,19+,20+/m1/s1. The van der Waals surface area contributed by atoms with Gasteiger partial charge in [-0.15, -0.1) is 0 Å². The number of Topliss-reactive ketones (excluding diaryl/α,β-unsaturated/α-hetero) is 1. The molecule has 0 radical (unpaired) electrons. The number of esters is 1. The van der Waals surface area contributed by atoms with Gasteiger partial charge >= 0.3 is 5.97 Å². The van der Waals surface area contributed by atoms with Crippen molar-refractivity contribution in [2.75, 3.05) is 13.2 Å². The summed E-state index contributed by atoms with van der Waals surface area (Å²) >= 11 is 5.79. The average Bonchev–Trinajstić information content (AvgIpc) is 3.50. The van der Waals surface area contributed by atoms with Crippen LogP contribution in [0.25, 0.3) is 0 Å². The lowest BCUT2D eigenvalue weighted by molar-refractivity contribution is -0.145. The van der Waals surface area contributed by atoms with Crippen LogP contribution in [0.3, 0.4) is 0 Å². The van der Waals surface area contributed by atoms with Crippen LogP contribution in [0, 0.1) is 35.5 Å². The zero-order valence-electron chi connectivity index (χ0n) is 15.6. The number of allylic oxidation sites excluding steroid dienone is 2. The number of halogens is 1. The summed E-state index contributed by atoms with van der Waals surface area (Å²) in [6, 6.07) is 6.31. The van der Waals surface area contributed by atoms with Gasteiger partial charge in [0.15, 0.2) is 12.4 Å². The molecule has 0 aromatic heterocycles. The molecule has 0 unspecified atom stereocenters.